The first kappa shape index (κ1) is 18.0. The summed E-state index contributed by atoms with van der Waals surface area (Å²) in [4.78, 5) is 11.8. The van der Waals surface area contributed by atoms with Crippen LogP contribution >= 0.6 is 47.8 Å². The lowest BCUT2D eigenvalue weighted by Crippen LogP contribution is -2.47. The third-order valence-corrected chi connectivity index (χ3v) is 8.40. The highest BCUT2D eigenvalue weighted by Gasteiger charge is 2.46. The van der Waals surface area contributed by atoms with Crippen molar-refractivity contribution in [3.63, 3.8) is 0 Å². The SMILES string of the molecule is CC1=C(Br)/C(=N\S(=O)(=O)c2ccccc2)C(Br)C(C)(Br)C1=O. The molecule has 0 aliphatic heterocycles. The molecule has 2 unspecified atom stereocenters. The first-order valence-corrected chi connectivity index (χ1v) is 10.2. The van der Waals surface area contributed by atoms with Crippen molar-refractivity contribution in [2.45, 2.75) is 27.9 Å². The van der Waals surface area contributed by atoms with Gasteiger partial charge in [-0.3, -0.25) is 4.79 Å². The second-order valence-electron chi connectivity index (χ2n) is 4.97. The zero-order valence-corrected chi connectivity index (χ0v) is 17.3. The van der Waals surface area contributed by atoms with Crippen LogP contribution < -0.4 is 0 Å². The average Bonchev–Trinajstić information content (AvgIpc) is 2.49. The van der Waals surface area contributed by atoms with Gasteiger partial charge >= 0.3 is 0 Å². The molecule has 1 aliphatic rings. The quantitative estimate of drug-likeness (QED) is 0.562. The van der Waals surface area contributed by atoms with Gasteiger partial charge in [-0.05, 0) is 41.9 Å². The van der Waals surface area contributed by atoms with E-state index in [1.807, 2.05) is 0 Å². The number of Topliss-reactive ketones (excluding diaryl/α,β-unsaturated/α-hetero) is 1. The number of carbonyl (C=O) groups excluding carboxylic acids is 1. The molecule has 0 saturated heterocycles. The lowest BCUT2D eigenvalue weighted by atomic mass is 9.88. The maximum atomic E-state index is 12.4. The Balaban J connectivity index is 2.63. The minimum absolute atomic E-state index is 0.105. The molecular weight excluding hydrogens is 502 g/mol. The van der Waals surface area contributed by atoms with Gasteiger partial charge in [-0.15, -0.1) is 0 Å². The highest BCUT2D eigenvalue weighted by molar-refractivity contribution is 9.13. The maximum Gasteiger partial charge on any atom is 0.282 e. The molecule has 1 aromatic carbocycles. The number of ketones is 1. The third kappa shape index (κ3) is 3.16. The summed E-state index contributed by atoms with van der Waals surface area (Å²) in [5.41, 5.74) is 0.692. The van der Waals surface area contributed by atoms with Gasteiger partial charge in [-0.25, -0.2) is 0 Å². The van der Waals surface area contributed by atoms with Crippen molar-refractivity contribution in [1.29, 1.82) is 0 Å². The molecule has 0 amide bonds. The number of carbonyl (C=O) groups is 1. The van der Waals surface area contributed by atoms with Crippen LogP contribution in [0.15, 0.2) is 49.7 Å². The molecule has 0 N–H and O–H groups in total. The summed E-state index contributed by atoms with van der Waals surface area (Å²) in [6.45, 7) is 3.32. The Morgan fingerprint density at radius 1 is 1.23 bits per heavy atom. The molecule has 1 aromatic rings. The second-order valence-corrected chi connectivity index (χ2v) is 9.93. The van der Waals surface area contributed by atoms with Gasteiger partial charge in [0.05, 0.1) is 15.4 Å². The Labute approximate surface area is 154 Å². The van der Waals surface area contributed by atoms with Crippen LogP contribution in [-0.4, -0.2) is 29.1 Å². The molecule has 0 bridgehead atoms. The minimum Gasteiger partial charge on any atom is -0.293 e. The summed E-state index contributed by atoms with van der Waals surface area (Å²) in [5.74, 6) is -0.127. The highest BCUT2D eigenvalue weighted by atomic mass is 79.9. The molecule has 118 valence electrons. The Bertz CT molecular complexity index is 783. The van der Waals surface area contributed by atoms with Gasteiger partial charge in [0.25, 0.3) is 10.0 Å². The van der Waals surface area contributed by atoms with E-state index in [2.05, 4.69) is 52.2 Å². The van der Waals surface area contributed by atoms with E-state index in [1.165, 1.54) is 12.1 Å². The number of allylic oxidation sites excluding steroid dienone is 2. The molecular formula is C14H12Br3NO3S. The Hall–Kier alpha value is -0.310. The van der Waals surface area contributed by atoms with Crippen LogP contribution in [0.5, 0.6) is 0 Å². The van der Waals surface area contributed by atoms with Gasteiger partial charge in [-0.1, -0.05) is 50.1 Å². The lowest BCUT2D eigenvalue weighted by molar-refractivity contribution is -0.117. The zero-order chi connectivity index (χ0) is 16.7. The molecule has 8 heteroatoms. The largest absolute Gasteiger partial charge is 0.293 e. The second kappa shape index (κ2) is 6.30. The van der Waals surface area contributed by atoms with E-state index in [0.29, 0.717) is 10.1 Å². The van der Waals surface area contributed by atoms with Gasteiger partial charge in [-0.2, -0.15) is 12.8 Å². The van der Waals surface area contributed by atoms with Crippen LogP contribution in [0.2, 0.25) is 0 Å². The van der Waals surface area contributed by atoms with E-state index in [0.717, 1.165) is 0 Å². The first-order valence-electron chi connectivity index (χ1n) is 6.23. The van der Waals surface area contributed by atoms with E-state index in [9.17, 15) is 13.2 Å². The number of benzene rings is 1. The molecule has 0 aromatic heterocycles. The summed E-state index contributed by atoms with van der Waals surface area (Å²) in [6.07, 6.45) is 0. The number of sulfonamides is 1. The van der Waals surface area contributed by atoms with Crippen LogP contribution in [0.1, 0.15) is 13.8 Å². The smallest absolute Gasteiger partial charge is 0.282 e. The fourth-order valence-electron chi connectivity index (χ4n) is 2.00. The van der Waals surface area contributed by atoms with Gasteiger partial charge in [0.2, 0.25) is 0 Å². The van der Waals surface area contributed by atoms with Crippen molar-refractivity contribution in [1.82, 2.24) is 0 Å². The number of nitrogens with zero attached hydrogens (tertiary/aromatic N) is 1. The Morgan fingerprint density at radius 2 is 1.77 bits per heavy atom. The van der Waals surface area contributed by atoms with Crippen molar-refractivity contribution < 1.29 is 13.2 Å². The van der Waals surface area contributed by atoms with Crippen molar-refractivity contribution in [3.8, 4) is 0 Å². The van der Waals surface area contributed by atoms with Gasteiger partial charge in [0, 0.05) is 10.1 Å². The minimum atomic E-state index is -3.86. The van der Waals surface area contributed by atoms with Crippen LogP contribution in [0, 0.1) is 0 Å². The van der Waals surface area contributed by atoms with E-state index in [1.54, 1.807) is 32.0 Å². The molecule has 0 saturated carbocycles. The van der Waals surface area contributed by atoms with Crippen molar-refractivity contribution in [2.75, 3.05) is 0 Å². The van der Waals surface area contributed by atoms with Crippen LogP contribution in [-0.2, 0) is 14.8 Å². The predicted octanol–water partition coefficient (Wildman–Crippen LogP) is 3.99. The molecule has 4 nitrogen and oxygen atoms in total. The third-order valence-electron chi connectivity index (χ3n) is 3.31. The molecule has 2 rings (SSSR count). The maximum absolute atomic E-state index is 12.4. The molecule has 0 heterocycles. The van der Waals surface area contributed by atoms with Gasteiger partial charge in [0.1, 0.15) is 4.32 Å². The topological polar surface area (TPSA) is 63.6 Å². The highest BCUT2D eigenvalue weighted by Crippen LogP contribution is 2.41. The van der Waals surface area contributed by atoms with Crippen molar-refractivity contribution in [3.05, 3.63) is 40.4 Å². The predicted molar refractivity (Wildman–Crippen MR) is 97.7 cm³/mol. The van der Waals surface area contributed by atoms with Gasteiger partial charge in [0.15, 0.2) is 5.78 Å². The van der Waals surface area contributed by atoms with Crippen LogP contribution in [0.25, 0.3) is 0 Å². The number of hydrogen-bond acceptors (Lipinski definition) is 3. The zero-order valence-electron chi connectivity index (χ0n) is 11.7. The fraction of sp³-hybridized carbons (Fsp3) is 0.286. The molecule has 22 heavy (non-hydrogen) atoms. The van der Waals surface area contributed by atoms with E-state index >= 15 is 0 Å². The molecule has 0 radical (unpaired) electrons. The normalized spacial score (nSPS) is 28.3. The first-order chi connectivity index (χ1) is 10.1. The number of alkyl halides is 2. The molecule has 0 fully saturated rings. The standard InChI is InChI=1S/C14H12Br3NO3S/c1-8-10(15)11(12(16)14(2,17)13(8)19)18-22(20,21)9-6-4-3-5-7-9/h3-7,12H,1-2H3/b18-11+. The number of hydrogen-bond donors (Lipinski definition) is 0. The average molecular weight is 514 g/mol. The van der Waals surface area contributed by atoms with E-state index in [4.69, 9.17) is 0 Å². The Kier molecular flexibility index (Phi) is 5.16. The van der Waals surface area contributed by atoms with E-state index < -0.39 is 19.2 Å². The number of halogens is 3. The Morgan fingerprint density at radius 3 is 2.32 bits per heavy atom. The summed E-state index contributed by atoms with van der Waals surface area (Å²) >= 11 is 10.0. The van der Waals surface area contributed by atoms with E-state index in [-0.39, 0.29) is 16.4 Å². The summed E-state index contributed by atoms with van der Waals surface area (Å²) in [5, 5.41) is 0. The lowest BCUT2D eigenvalue weighted by Gasteiger charge is -2.33. The molecule has 0 spiro atoms. The molecule has 1 aliphatic carbocycles. The molecule has 2 atom stereocenters. The summed E-state index contributed by atoms with van der Waals surface area (Å²) in [7, 11) is -3.86. The summed E-state index contributed by atoms with van der Waals surface area (Å²) in [6, 6.07) is 7.96. The van der Waals surface area contributed by atoms with Crippen LogP contribution in [0.3, 0.4) is 0 Å². The monoisotopic (exact) mass is 511 g/mol. The van der Waals surface area contributed by atoms with Crippen molar-refractivity contribution >= 4 is 69.3 Å². The van der Waals surface area contributed by atoms with Gasteiger partial charge < -0.3 is 0 Å². The van der Waals surface area contributed by atoms with Crippen LogP contribution in [0.4, 0.5) is 0 Å². The number of rotatable bonds is 2. The summed E-state index contributed by atoms with van der Waals surface area (Å²) < 4.78 is 28.3. The fourth-order valence-corrected chi connectivity index (χ4v) is 5.18. The van der Waals surface area contributed by atoms with Crippen molar-refractivity contribution in [2.24, 2.45) is 4.40 Å².